The van der Waals surface area contributed by atoms with Crippen molar-refractivity contribution >= 4 is 11.5 Å². The van der Waals surface area contributed by atoms with Gasteiger partial charge in [0.25, 0.3) is 0 Å². The minimum absolute atomic E-state index is 0.0974. The van der Waals surface area contributed by atoms with Gasteiger partial charge in [-0.25, -0.2) is 4.98 Å². The van der Waals surface area contributed by atoms with Crippen LogP contribution >= 0.6 is 0 Å². The van der Waals surface area contributed by atoms with Crippen molar-refractivity contribution in [2.45, 2.75) is 19.8 Å². The van der Waals surface area contributed by atoms with Gasteiger partial charge < -0.3 is 9.51 Å². The van der Waals surface area contributed by atoms with Crippen molar-refractivity contribution in [2.24, 2.45) is 5.92 Å². The Balaban J connectivity index is 2.71. The van der Waals surface area contributed by atoms with Gasteiger partial charge in [-0.15, -0.1) is 0 Å². The van der Waals surface area contributed by atoms with Crippen LogP contribution in [-0.2, 0) is 4.79 Å². The number of aromatic nitrogens is 2. The van der Waals surface area contributed by atoms with E-state index in [4.69, 9.17) is 5.26 Å². The maximum atomic E-state index is 11.3. The van der Waals surface area contributed by atoms with Crippen LogP contribution in [0.3, 0.4) is 0 Å². The Morgan fingerprint density at radius 1 is 1.50 bits per heavy atom. The molecule has 5 nitrogen and oxygen atoms in total. The van der Waals surface area contributed by atoms with Crippen molar-refractivity contribution in [2.75, 3.05) is 0 Å². The molecule has 2 aromatic heterocycles. The Hall–Kier alpha value is -2.35. The molecule has 2 rings (SSSR count). The highest BCUT2D eigenvalue weighted by atomic mass is 16.4. The Kier molecular flexibility index (Phi) is 3.02. The normalized spacial score (nSPS) is 12.6. The number of carbonyl (C=O) groups is 1. The fourth-order valence-corrected chi connectivity index (χ4v) is 2.06. The van der Waals surface area contributed by atoms with Crippen LogP contribution in [0.4, 0.5) is 0 Å². The standard InChI is InChI=1S/C13H13N3O2/c1-8(2)11(13(17)18)12-15-9(7-14)10-5-3-4-6-16(10)12/h3-6,8,11H,1-2H3,(H,17,18). The number of carboxylic acid groups (broad SMARTS) is 1. The average molecular weight is 243 g/mol. The van der Waals surface area contributed by atoms with E-state index < -0.39 is 11.9 Å². The number of nitrogens with zero attached hydrogens (tertiary/aromatic N) is 3. The molecule has 2 heterocycles. The highest BCUT2D eigenvalue weighted by Gasteiger charge is 2.29. The smallest absolute Gasteiger partial charge is 0.314 e. The number of pyridine rings is 1. The van der Waals surface area contributed by atoms with Gasteiger partial charge in [0.1, 0.15) is 17.8 Å². The number of aliphatic carboxylic acids is 1. The summed E-state index contributed by atoms with van der Waals surface area (Å²) in [6.07, 6.45) is 1.73. The zero-order chi connectivity index (χ0) is 13.3. The second-order valence-corrected chi connectivity index (χ2v) is 4.45. The minimum atomic E-state index is -0.926. The first-order valence-electron chi connectivity index (χ1n) is 5.66. The number of imidazole rings is 1. The van der Waals surface area contributed by atoms with E-state index in [0.29, 0.717) is 11.3 Å². The molecule has 1 N–H and O–H groups in total. The SMILES string of the molecule is CC(C)C(C(=O)O)c1nc(C#N)c2ccccn12. The Bertz CT molecular complexity index is 637. The molecule has 0 saturated carbocycles. The van der Waals surface area contributed by atoms with Gasteiger partial charge in [0.15, 0.2) is 5.69 Å². The summed E-state index contributed by atoms with van der Waals surface area (Å²) in [6, 6.07) is 7.35. The summed E-state index contributed by atoms with van der Waals surface area (Å²) in [4.78, 5) is 15.5. The van der Waals surface area contributed by atoms with E-state index in [9.17, 15) is 9.90 Å². The van der Waals surface area contributed by atoms with Gasteiger partial charge in [-0.05, 0) is 18.1 Å². The molecule has 2 aromatic rings. The fourth-order valence-electron chi connectivity index (χ4n) is 2.06. The molecular weight excluding hydrogens is 230 g/mol. The van der Waals surface area contributed by atoms with Crippen LogP contribution in [0, 0.1) is 17.2 Å². The zero-order valence-corrected chi connectivity index (χ0v) is 10.2. The molecule has 1 atom stereocenters. The third kappa shape index (κ3) is 1.82. The van der Waals surface area contributed by atoms with Crippen molar-refractivity contribution in [3.63, 3.8) is 0 Å². The average Bonchev–Trinajstić information content (AvgIpc) is 2.67. The number of hydrogen-bond acceptors (Lipinski definition) is 3. The summed E-state index contributed by atoms with van der Waals surface area (Å²) in [5.74, 6) is -1.34. The molecule has 0 aliphatic carbocycles. The van der Waals surface area contributed by atoms with Gasteiger partial charge >= 0.3 is 5.97 Å². The molecule has 0 fully saturated rings. The molecule has 0 amide bonds. The van der Waals surface area contributed by atoms with E-state index in [-0.39, 0.29) is 11.6 Å². The molecule has 0 aromatic carbocycles. The van der Waals surface area contributed by atoms with E-state index in [2.05, 4.69) is 4.98 Å². The predicted molar refractivity (Wildman–Crippen MR) is 65.1 cm³/mol. The van der Waals surface area contributed by atoms with E-state index >= 15 is 0 Å². The van der Waals surface area contributed by atoms with Crippen LogP contribution in [0.1, 0.15) is 31.3 Å². The number of carboxylic acids is 1. The fraction of sp³-hybridized carbons (Fsp3) is 0.308. The van der Waals surface area contributed by atoms with Crippen LogP contribution in [0.2, 0.25) is 0 Å². The topological polar surface area (TPSA) is 78.4 Å². The summed E-state index contributed by atoms with van der Waals surface area (Å²) in [5.41, 5.74) is 0.902. The van der Waals surface area contributed by atoms with E-state index in [1.165, 1.54) is 0 Å². The molecule has 0 aliphatic heterocycles. The summed E-state index contributed by atoms with van der Waals surface area (Å²) in [5, 5.41) is 18.3. The lowest BCUT2D eigenvalue weighted by molar-refractivity contribution is -0.140. The van der Waals surface area contributed by atoms with Crippen molar-refractivity contribution in [1.82, 2.24) is 9.38 Å². The second kappa shape index (κ2) is 4.49. The quantitative estimate of drug-likeness (QED) is 0.894. The number of hydrogen-bond donors (Lipinski definition) is 1. The lowest BCUT2D eigenvalue weighted by Gasteiger charge is -2.14. The van der Waals surface area contributed by atoms with Gasteiger partial charge in [0.05, 0.1) is 5.52 Å². The van der Waals surface area contributed by atoms with Crippen LogP contribution < -0.4 is 0 Å². The molecule has 92 valence electrons. The summed E-state index contributed by atoms with van der Waals surface area (Å²) < 4.78 is 1.68. The van der Waals surface area contributed by atoms with Crippen LogP contribution in [0.15, 0.2) is 24.4 Å². The second-order valence-electron chi connectivity index (χ2n) is 4.45. The highest BCUT2D eigenvalue weighted by molar-refractivity contribution is 5.76. The molecule has 0 bridgehead atoms. The maximum Gasteiger partial charge on any atom is 0.314 e. The highest BCUT2D eigenvalue weighted by Crippen LogP contribution is 2.26. The first kappa shape index (κ1) is 12.1. The third-order valence-corrected chi connectivity index (χ3v) is 2.89. The Morgan fingerprint density at radius 3 is 2.78 bits per heavy atom. The van der Waals surface area contributed by atoms with Crippen LogP contribution in [-0.4, -0.2) is 20.5 Å². The number of nitriles is 1. The van der Waals surface area contributed by atoms with Crippen LogP contribution in [0.5, 0.6) is 0 Å². The molecule has 18 heavy (non-hydrogen) atoms. The lowest BCUT2D eigenvalue weighted by Crippen LogP contribution is -2.20. The summed E-state index contributed by atoms with van der Waals surface area (Å²) in [6.45, 7) is 3.66. The first-order chi connectivity index (χ1) is 8.56. The van der Waals surface area contributed by atoms with Crippen molar-refractivity contribution < 1.29 is 9.90 Å². The molecule has 0 radical (unpaired) electrons. The summed E-state index contributed by atoms with van der Waals surface area (Å²) in [7, 11) is 0. The molecule has 5 heteroatoms. The van der Waals surface area contributed by atoms with Crippen molar-refractivity contribution in [1.29, 1.82) is 5.26 Å². The number of rotatable bonds is 3. The lowest BCUT2D eigenvalue weighted by atomic mass is 9.95. The van der Waals surface area contributed by atoms with Gasteiger partial charge in [-0.1, -0.05) is 19.9 Å². The minimum Gasteiger partial charge on any atom is -0.481 e. The van der Waals surface area contributed by atoms with Gasteiger partial charge in [-0.3, -0.25) is 4.79 Å². The van der Waals surface area contributed by atoms with Gasteiger partial charge in [0, 0.05) is 6.20 Å². The molecular formula is C13H13N3O2. The molecule has 1 unspecified atom stereocenters. The summed E-state index contributed by atoms with van der Waals surface area (Å²) >= 11 is 0. The first-order valence-corrected chi connectivity index (χ1v) is 5.66. The van der Waals surface area contributed by atoms with Crippen LogP contribution in [0.25, 0.3) is 5.52 Å². The largest absolute Gasteiger partial charge is 0.481 e. The monoisotopic (exact) mass is 243 g/mol. The van der Waals surface area contributed by atoms with Crippen molar-refractivity contribution in [3.05, 3.63) is 35.9 Å². The van der Waals surface area contributed by atoms with E-state index in [1.807, 2.05) is 19.9 Å². The predicted octanol–water partition coefficient (Wildman–Crippen LogP) is 2.03. The zero-order valence-electron chi connectivity index (χ0n) is 10.2. The number of fused-ring (bicyclic) bond motifs is 1. The Labute approximate surface area is 104 Å². The van der Waals surface area contributed by atoms with E-state index in [0.717, 1.165) is 0 Å². The molecule has 0 spiro atoms. The van der Waals surface area contributed by atoms with Crippen molar-refractivity contribution in [3.8, 4) is 6.07 Å². The maximum absolute atomic E-state index is 11.3. The third-order valence-electron chi connectivity index (χ3n) is 2.89. The molecule has 0 aliphatic rings. The van der Waals surface area contributed by atoms with E-state index in [1.54, 1.807) is 28.8 Å². The van der Waals surface area contributed by atoms with Gasteiger partial charge in [-0.2, -0.15) is 5.26 Å². The Morgan fingerprint density at radius 2 is 2.22 bits per heavy atom. The van der Waals surface area contributed by atoms with Gasteiger partial charge in [0.2, 0.25) is 0 Å². The molecule has 0 saturated heterocycles.